The van der Waals surface area contributed by atoms with Crippen LogP contribution in [-0.2, 0) is 4.57 Å². The summed E-state index contributed by atoms with van der Waals surface area (Å²) in [5, 5.41) is 0. The molecule has 1 aromatic heterocycles. The third-order valence-corrected chi connectivity index (χ3v) is 1.08. The van der Waals surface area contributed by atoms with E-state index in [0.29, 0.717) is 0 Å². The summed E-state index contributed by atoms with van der Waals surface area (Å²) in [5.41, 5.74) is 0. The summed E-state index contributed by atoms with van der Waals surface area (Å²) in [5.74, 6) is 0. The van der Waals surface area contributed by atoms with Gasteiger partial charge in [0.15, 0.2) is 0 Å². The van der Waals surface area contributed by atoms with Crippen LogP contribution in [0, 0.1) is 0 Å². The van der Waals surface area contributed by atoms with Crippen molar-refractivity contribution in [3.05, 3.63) is 24.8 Å². The molecule has 11 heavy (non-hydrogen) atoms. The minimum atomic E-state index is -2.60. The van der Waals surface area contributed by atoms with Crippen LogP contribution in [0.2, 0.25) is 0 Å². The fraction of sp³-hybridized carbons (Fsp3) is 0. The molecule has 0 saturated carbocycles. The molecule has 1 rings (SSSR count). The molecule has 1 atom stereocenters. The first-order valence-corrected chi connectivity index (χ1v) is 3.58. The first-order chi connectivity index (χ1) is 4.79. The Bertz CT molecular complexity index is 240. The van der Waals surface area contributed by atoms with Gasteiger partial charge in [0.25, 0.3) is 0 Å². The van der Waals surface area contributed by atoms with E-state index in [0.717, 1.165) is 4.73 Å². The molecule has 0 bridgehead atoms. The molecule has 56 valence electrons. The maximum atomic E-state index is 10.0. The minimum absolute atomic E-state index is 0. The van der Waals surface area contributed by atoms with E-state index in [1.807, 2.05) is 0 Å². The summed E-state index contributed by atoms with van der Waals surface area (Å²) in [6.45, 7) is 0. The molecule has 0 aromatic carbocycles. The molecule has 0 aliphatic heterocycles. The van der Waals surface area contributed by atoms with E-state index in [1.165, 1.54) is 18.7 Å². The van der Waals surface area contributed by atoms with Crippen LogP contribution >= 0.6 is 8.25 Å². The van der Waals surface area contributed by atoms with E-state index in [-0.39, 0.29) is 25.9 Å². The fourth-order valence-corrected chi connectivity index (χ4v) is 0.703. The van der Waals surface area contributed by atoms with E-state index in [2.05, 4.69) is 9.61 Å². The normalized spacial score (nSPS) is 9.73. The second-order valence-electron chi connectivity index (χ2n) is 1.43. The molecule has 1 N–H and O–H groups in total. The molecule has 0 spiro atoms. The topological polar surface area (TPSA) is 63.3 Å². The van der Waals surface area contributed by atoms with Gasteiger partial charge in [0.05, 0.1) is 0 Å². The van der Waals surface area contributed by atoms with Gasteiger partial charge in [-0.2, -0.15) is 0 Å². The molecular weight excluding hydrogens is 179 g/mol. The van der Waals surface area contributed by atoms with Gasteiger partial charge in [-0.05, 0) is 4.62 Å². The standard InChI is InChI=1S/C4H4N2O3P.Mg.2H/c7-10(8)9-6-3-1-2-5-4-6;;;/h1-4H;;;/q+1;+2;2*-1/p+1. The Labute approximate surface area is 83.1 Å². The summed E-state index contributed by atoms with van der Waals surface area (Å²) in [6.07, 6.45) is 4.28. The Balaban J connectivity index is -0.000000333. The van der Waals surface area contributed by atoms with Gasteiger partial charge in [0.2, 0.25) is 0 Å². The molecule has 0 saturated heterocycles. The molecule has 0 radical (unpaired) electrons. The van der Waals surface area contributed by atoms with Crippen LogP contribution in [0.4, 0.5) is 0 Å². The van der Waals surface area contributed by atoms with Crippen LogP contribution in [0.1, 0.15) is 2.85 Å². The second-order valence-corrected chi connectivity index (χ2v) is 2.07. The van der Waals surface area contributed by atoms with Crippen LogP contribution in [0.3, 0.4) is 0 Å². The van der Waals surface area contributed by atoms with Gasteiger partial charge >= 0.3 is 37.6 Å². The molecule has 5 nitrogen and oxygen atoms in total. The monoisotopic (exact) mass is 186 g/mol. The van der Waals surface area contributed by atoms with Gasteiger partial charge in [-0.15, -0.1) is 4.89 Å². The molecule has 1 aromatic rings. The van der Waals surface area contributed by atoms with Crippen molar-refractivity contribution in [3.63, 3.8) is 0 Å². The molecular formula is C4H7MgN2O3P+2. The molecule has 7 heteroatoms. The van der Waals surface area contributed by atoms with Crippen molar-refractivity contribution in [2.75, 3.05) is 0 Å². The first kappa shape index (κ1) is 10.7. The van der Waals surface area contributed by atoms with E-state index < -0.39 is 8.25 Å². The Morgan fingerprint density at radius 1 is 1.73 bits per heavy atom. The molecule has 0 aliphatic rings. The van der Waals surface area contributed by atoms with Gasteiger partial charge in [0, 0.05) is 15.4 Å². The van der Waals surface area contributed by atoms with Crippen LogP contribution in [0.5, 0.6) is 0 Å². The van der Waals surface area contributed by atoms with Crippen LogP contribution in [0.25, 0.3) is 0 Å². The van der Waals surface area contributed by atoms with Crippen molar-refractivity contribution < 1.29 is 21.7 Å². The number of hydrogen-bond acceptors (Lipinski definition) is 3. The molecule has 0 fully saturated rings. The third-order valence-electron chi connectivity index (χ3n) is 0.750. The SMILES string of the molecule is O=[P+](O)O[n+]1cccnc1.[H-].[H-].[Mg+2]. The van der Waals surface area contributed by atoms with E-state index in [4.69, 9.17) is 4.89 Å². The van der Waals surface area contributed by atoms with Crippen LogP contribution in [0.15, 0.2) is 24.8 Å². The quantitative estimate of drug-likeness (QED) is 0.377. The largest absolute Gasteiger partial charge is 2.00 e. The molecule has 1 heterocycles. The van der Waals surface area contributed by atoms with Crippen molar-refractivity contribution in [1.82, 2.24) is 4.98 Å². The number of aromatic nitrogens is 2. The Hall–Kier alpha value is -0.294. The average molecular weight is 186 g/mol. The number of rotatable bonds is 2. The van der Waals surface area contributed by atoms with E-state index >= 15 is 0 Å². The molecule has 1 unspecified atom stereocenters. The van der Waals surface area contributed by atoms with Gasteiger partial charge in [-0.1, -0.05) is 4.98 Å². The smallest absolute Gasteiger partial charge is 1.00 e. The van der Waals surface area contributed by atoms with E-state index in [9.17, 15) is 4.57 Å². The van der Waals surface area contributed by atoms with E-state index in [1.54, 1.807) is 6.07 Å². The summed E-state index contributed by atoms with van der Waals surface area (Å²) < 4.78 is 15.4. The van der Waals surface area contributed by atoms with Crippen molar-refractivity contribution >= 4 is 31.3 Å². The fourth-order valence-electron chi connectivity index (χ4n) is 0.445. The van der Waals surface area contributed by atoms with Crippen molar-refractivity contribution in [1.29, 1.82) is 0 Å². The predicted molar refractivity (Wildman–Crippen MR) is 38.8 cm³/mol. The molecule has 0 aliphatic carbocycles. The summed E-state index contributed by atoms with van der Waals surface area (Å²) >= 11 is 0. The van der Waals surface area contributed by atoms with Gasteiger partial charge in [-0.25, -0.2) is 0 Å². The van der Waals surface area contributed by atoms with Crippen LogP contribution < -0.4 is 9.35 Å². The molecule has 0 amide bonds. The van der Waals surface area contributed by atoms with Crippen molar-refractivity contribution in [2.24, 2.45) is 0 Å². The Kier molecular flexibility index (Phi) is 5.23. The average Bonchev–Trinajstić information content (AvgIpc) is 1.88. The number of nitrogens with zero attached hydrogens (tertiary/aromatic N) is 2. The van der Waals surface area contributed by atoms with Gasteiger partial charge in [-0.3, -0.25) is 0 Å². The third kappa shape index (κ3) is 4.21. The predicted octanol–water partition coefficient (Wildman–Crippen LogP) is -0.708. The zero-order valence-electron chi connectivity index (χ0n) is 7.62. The minimum Gasteiger partial charge on any atom is -1.00 e. The van der Waals surface area contributed by atoms with Crippen LogP contribution in [-0.4, -0.2) is 32.9 Å². The maximum Gasteiger partial charge on any atom is 2.00 e. The summed E-state index contributed by atoms with van der Waals surface area (Å²) in [4.78, 5) is 11.9. The van der Waals surface area contributed by atoms with Gasteiger partial charge in [0.1, 0.15) is 12.4 Å². The Morgan fingerprint density at radius 3 is 2.91 bits per heavy atom. The second kappa shape index (κ2) is 5.37. The number of hydrogen-bond donors (Lipinski definition) is 1. The maximum absolute atomic E-state index is 10.0. The van der Waals surface area contributed by atoms with Crippen molar-refractivity contribution in [2.45, 2.75) is 0 Å². The summed E-state index contributed by atoms with van der Waals surface area (Å²) in [7, 11) is -2.60. The summed E-state index contributed by atoms with van der Waals surface area (Å²) in [6, 6.07) is 1.58. The first-order valence-electron chi connectivity index (χ1n) is 2.45. The zero-order chi connectivity index (χ0) is 7.40. The zero-order valence-corrected chi connectivity index (χ0v) is 7.93. The van der Waals surface area contributed by atoms with Gasteiger partial charge < -0.3 is 2.85 Å². The van der Waals surface area contributed by atoms with Crippen molar-refractivity contribution in [3.8, 4) is 0 Å². The Morgan fingerprint density at radius 2 is 2.45 bits per heavy atom.